The maximum atomic E-state index is 12.8. The molecule has 0 unspecified atom stereocenters. The lowest BCUT2D eigenvalue weighted by atomic mass is 9.96. The van der Waals surface area contributed by atoms with Gasteiger partial charge >= 0.3 is 6.18 Å². The van der Waals surface area contributed by atoms with E-state index in [1.54, 1.807) is 6.07 Å². The monoisotopic (exact) mass is 377 g/mol. The molecule has 140 valence electrons. The Balaban J connectivity index is 0.00000225. The van der Waals surface area contributed by atoms with E-state index >= 15 is 0 Å². The van der Waals surface area contributed by atoms with Gasteiger partial charge in [-0.3, -0.25) is 4.79 Å². The Hall–Kier alpha value is -1.47. The molecular formula is C17H23ClF3N3O. The van der Waals surface area contributed by atoms with Crippen molar-refractivity contribution in [2.75, 3.05) is 44.2 Å². The van der Waals surface area contributed by atoms with Crippen LogP contribution in [0.15, 0.2) is 24.3 Å². The van der Waals surface area contributed by atoms with Crippen molar-refractivity contribution in [2.45, 2.75) is 19.0 Å². The number of rotatable bonds is 2. The fraction of sp³-hybridized carbons (Fsp3) is 0.588. The number of nitrogens with one attached hydrogen (secondary N) is 1. The van der Waals surface area contributed by atoms with Gasteiger partial charge in [0, 0.05) is 37.8 Å². The van der Waals surface area contributed by atoms with E-state index in [4.69, 9.17) is 0 Å². The summed E-state index contributed by atoms with van der Waals surface area (Å²) >= 11 is 0. The second kappa shape index (κ2) is 8.27. The predicted molar refractivity (Wildman–Crippen MR) is 93.1 cm³/mol. The molecule has 2 aliphatic heterocycles. The highest BCUT2D eigenvalue weighted by Gasteiger charge is 2.32. The number of piperidine rings is 1. The van der Waals surface area contributed by atoms with Crippen LogP contribution in [0.4, 0.5) is 18.9 Å². The van der Waals surface area contributed by atoms with Gasteiger partial charge in [-0.05, 0) is 44.1 Å². The molecule has 1 amide bonds. The van der Waals surface area contributed by atoms with Gasteiger partial charge < -0.3 is 15.1 Å². The lowest BCUT2D eigenvalue weighted by molar-refractivity contribution is -0.137. The van der Waals surface area contributed by atoms with Gasteiger partial charge in [0.25, 0.3) is 0 Å². The van der Waals surface area contributed by atoms with Crippen LogP contribution in [0, 0.1) is 5.92 Å². The fourth-order valence-electron chi connectivity index (χ4n) is 3.39. The molecule has 8 heteroatoms. The van der Waals surface area contributed by atoms with Crippen LogP contribution >= 0.6 is 12.4 Å². The van der Waals surface area contributed by atoms with Crippen molar-refractivity contribution < 1.29 is 18.0 Å². The van der Waals surface area contributed by atoms with Gasteiger partial charge in [-0.2, -0.15) is 13.2 Å². The molecule has 0 bridgehead atoms. The summed E-state index contributed by atoms with van der Waals surface area (Å²) in [7, 11) is 0. The van der Waals surface area contributed by atoms with Crippen molar-refractivity contribution in [3.8, 4) is 0 Å². The number of halogens is 4. The number of carbonyl (C=O) groups excluding carboxylic acids is 1. The first-order valence-electron chi connectivity index (χ1n) is 8.37. The molecule has 25 heavy (non-hydrogen) atoms. The van der Waals surface area contributed by atoms with E-state index in [0.717, 1.165) is 32.0 Å². The molecule has 0 atom stereocenters. The van der Waals surface area contributed by atoms with Crippen LogP contribution in [-0.2, 0) is 11.0 Å². The molecule has 1 aromatic carbocycles. The van der Waals surface area contributed by atoms with Crippen molar-refractivity contribution in [1.29, 1.82) is 0 Å². The van der Waals surface area contributed by atoms with Gasteiger partial charge in [0.15, 0.2) is 0 Å². The Kier molecular flexibility index (Phi) is 6.57. The van der Waals surface area contributed by atoms with E-state index < -0.39 is 11.7 Å². The first-order chi connectivity index (χ1) is 11.4. The van der Waals surface area contributed by atoms with Gasteiger partial charge in [-0.25, -0.2) is 0 Å². The minimum Gasteiger partial charge on any atom is -0.368 e. The van der Waals surface area contributed by atoms with Crippen LogP contribution < -0.4 is 10.2 Å². The Morgan fingerprint density at radius 2 is 1.72 bits per heavy atom. The maximum Gasteiger partial charge on any atom is 0.416 e. The number of anilines is 1. The van der Waals surface area contributed by atoms with E-state index in [-0.39, 0.29) is 24.2 Å². The van der Waals surface area contributed by atoms with Crippen molar-refractivity contribution in [3.05, 3.63) is 29.8 Å². The van der Waals surface area contributed by atoms with Crippen LogP contribution in [-0.4, -0.2) is 50.1 Å². The van der Waals surface area contributed by atoms with Gasteiger partial charge in [0.05, 0.1) is 5.56 Å². The molecule has 0 radical (unpaired) electrons. The molecule has 0 aliphatic carbocycles. The molecule has 2 heterocycles. The third kappa shape index (κ3) is 4.79. The molecule has 0 saturated carbocycles. The molecule has 2 fully saturated rings. The summed E-state index contributed by atoms with van der Waals surface area (Å²) in [6.07, 6.45) is -2.60. The van der Waals surface area contributed by atoms with Crippen LogP contribution in [0.2, 0.25) is 0 Å². The summed E-state index contributed by atoms with van der Waals surface area (Å²) in [6.45, 7) is 4.02. The van der Waals surface area contributed by atoms with Gasteiger partial charge in [0.2, 0.25) is 5.91 Å². The zero-order chi connectivity index (χ0) is 17.2. The highest BCUT2D eigenvalue weighted by molar-refractivity contribution is 5.85. The van der Waals surface area contributed by atoms with E-state index in [1.807, 2.05) is 9.80 Å². The molecule has 2 aliphatic rings. The molecule has 3 rings (SSSR count). The second-order valence-corrected chi connectivity index (χ2v) is 6.38. The van der Waals surface area contributed by atoms with Crippen molar-refractivity contribution in [1.82, 2.24) is 10.2 Å². The molecule has 2 saturated heterocycles. The Morgan fingerprint density at radius 1 is 1.08 bits per heavy atom. The van der Waals surface area contributed by atoms with Crippen molar-refractivity contribution in [3.63, 3.8) is 0 Å². The number of hydrogen-bond acceptors (Lipinski definition) is 3. The quantitative estimate of drug-likeness (QED) is 0.861. The zero-order valence-electron chi connectivity index (χ0n) is 13.9. The SMILES string of the molecule is Cl.O=C(C1CCNCC1)N1CCN(c2cccc(C(F)(F)F)c2)CC1. The minimum absolute atomic E-state index is 0. The standard InChI is InChI=1S/C17H22F3N3O.ClH/c18-17(19,20)14-2-1-3-15(12-14)22-8-10-23(11-9-22)16(24)13-4-6-21-7-5-13;/h1-3,12-13,21H,4-11H2;1H. The molecule has 4 nitrogen and oxygen atoms in total. The Bertz CT molecular complexity index is 583. The average Bonchev–Trinajstić information content (AvgIpc) is 2.61. The molecule has 0 aromatic heterocycles. The number of piperazine rings is 1. The Morgan fingerprint density at radius 3 is 2.32 bits per heavy atom. The van der Waals surface area contributed by atoms with Gasteiger partial charge in [-0.15, -0.1) is 12.4 Å². The summed E-state index contributed by atoms with van der Waals surface area (Å²) in [5.41, 5.74) is -0.0630. The third-order valence-electron chi connectivity index (χ3n) is 4.82. The average molecular weight is 378 g/mol. The predicted octanol–water partition coefficient (Wildman–Crippen LogP) is 2.78. The van der Waals surface area contributed by atoms with Crippen LogP contribution in [0.1, 0.15) is 18.4 Å². The van der Waals surface area contributed by atoms with E-state index in [2.05, 4.69) is 5.32 Å². The van der Waals surface area contributed by atoms with Crippen LogP contribution in [0.5, 0.6) is 0 Å². The van der Waals surface area contributed by atoms with E-state index in [9.17, 15) is 18.0 Å². The summed E-state index contributed by atoms with van der Waals surface area (Å²) in [5, 5.41) is 3.25. The van der Waals surface area contributed by atoms with Gasteiger partial charge in [-0.1, -0.05) is 6.07 Å². The lowest BCUT2D eigenvalue weighted by Crippen LogP contribution is -2.51. The third-order valence-corrected chi connectivity index (χ3v) is 4.82. The van der Waals surface area contributed by atoms with E-state index in [1.165, 1.54) is 12.1 Å². The molecule has 1 N–H and O–H groups in total. The minimum atomic E-state index is -4.33. The molecule has 1 aromatic rings. The summed E-state index contributed by atoms with van der Waals surface area (Å²) in [6, 6.07) is 5.40. The number of hydrogen-bond donors (Lipinski definition) is 1. The summed E-state index contributed by atoms with van der Waals surface area (Å²) < 4.78 is 38.5. The van der Waals surface area contributed by atoms with Crippen molar-refractivity contribution >= 4 is 24.0 Å². The van der Waals surface area contributed by atoms with Crippen molar-refractivity contribution in [2.24, 2.45) is 5.92 Å². The Labute approximate surface area is 151 Å². The second-order valence-electron chi connectivity index (χ2n) is 6.38. The van der Waals surface area contributed by atoms with Crippen LogP contribution in [0.25, 0.3) is 0 Å². The largest absolute Gasteiger partial charge is 0.416 e. The zero-order valence-corrected chi connectivity index (χ0v) is 14.7. The first-order valence-corrected chi connectivity index (χ1v) is 8.37. The highest BCUT2D eigenvalue weighted by atomic mass is 35.5. The fourth-order valence-corrected chi connectivity index (χ4v) is 3.39. The highest BCUT2D eigenvalue weighted by Crippen LogP contribution is 2.32. The smallest absolute Gasteiger partial charge is 0.368 e. The summed E-state index contributed by atoms with van der Waals surface area (Å²) in [5.74, 6) is 0.284. The van der Waals surface area contributed by atoms with Crippen LogP contribution in [0.3, 0.4) is 0 Å². The lowest BCUT2D eigenvalue weighted by Gasteiger charge is -2.38. The molecular weight excluding hydrogens is 355 g/mol. The number of benzene rings is 1. The molecule has 0 spiro atoms. The van der Waals surface area contributed by atoms with Gasteiger partial charge in [0.1, 0.15) is 0 Å². The maximum absolute atomic E-state index is 12.8. The number of amides is 1. The number of nitrogens with zero attached hydrogens (tertiary/aromatic N) is 2. The summed E-state index contributed by atoms with van der Waals surface area (Å²) in [4.78, 5) is 16.3. The first kappa shape index (κ1) is 19.8. The number of alkyl halides is 3. The number of carbonyl (C=O) groups is 1. The topological polar surface area (TPSA) is 35.6 Å². The van der Waals surface area contributed by atoms with E-state index in [0.29, 0.717) is 31.9 Å². The normalized spacial score (nSPS) is 19.5.